The number of hydrogen-bond acceptors (Lipinski definition) is 3. The minimum atomic E-state index is -3.95. The molecule has 0 unspecified atom stereocenters. The van der Waals surface area contributed by atoms with Gasteiger partial charge >= 0.3 is 0 Å². The number of halogens is 1. The van der Waals surface area contributed by atoms with Gasteiger partial charge < -0.3 is 5.32 Å². The van der Waals surface area contributed by atoms with E-state index < -0.39 is 15.9 Å². The fraction of sp³-hybridized carbons (Fsp3) is 0.136. The van der Waals surface area contributed by atoms with Gasteiger partial charge in [0.2, 0.25) is 5.91 Å². The molecule has 3 aromatic rings. The largest absolute Gasteiger partial charge is 0.323 e. The average Bonchev–Trinajstić information content (AvgIpc) is 2.71. The highest BCUT2D eigenvalue weighted by molar-refractivity contribution is 7.92. The predicted molar refractivity (Wildman–Crippen MR) is 117 cm³/mol. The lowest BCUT2D eigenvalue weighted by molar-refractivity contribution is -0.114. The van der Waals surface area contributed by atoms with Gasteiger partial charge in [-0.2, -0.15) is 0 Å². The zero-order valence-electron chi connectivity index (χ0n) is 16.1. The lowest BCUT2D eigenvalue weighted by Crippen LogP contribution is -2.38. The number of carbonyl (C=O) groups excluding carboxylic acids is 1. The Kier molecular flexibility index (Phi) is 6.25. The number of anilines is 2. The maximum absolute atomic E-state index is 13.4. The van der Waals surface area contributed by atoms with Gasteiger partial charge in [-0.3, -0.25) is 9.10 Å². The number of nitrogens with zero attached hydrogens (tertiary/aromatic N) is 1. The van der Waals surface area contributed by atoms with Crippen molar-refractivity contribution >= 4 is 38.9 Å². The maximum Gasteiger partial charge on any atom is 0.264 e. The van der Waals surface area contributed by atoms with E-state index in [4.69, 9.17) is 11.6 Å². The summed E-state index contributed by atoms with van der Waals surface area (Å²) in [5.74, 6) is -0.487. The van der Waals surface area contributed by atoms with Crippen molar-refractivity contribution in [1.82, 2.24) is 0 Å². The minimum absolute atomic E-state index is 0.117. The first-order valence-corrected chi connectivity index (χ1v) is 10.8. The van der Waals surface area contributed by atoms with E-state index in [0.717, 1.165) is 15.4 Å². The Labute approximate surface area is 176 Å². The molecule has 0 bridgehead atoms. The smallest absolute Gasteiger partial charge is 0.264 e. The summed E-state index contributed by atoms with van der Waals surface area (Å²) in [5.41, 5.74) is 2.61. The van der Waals surface area contributed by atoms with E-state index in [9.17, 15) is 13.2 Å². The zero-order valence-corrected chi connectivity index (χ0v) is 17.7. The highest BCUT2D eigenvalue weighted by atomic mass is 35.5. The van der Waals surface area contributed by atoms with Crippen LogP contribution in [0.3, 0.4) is 0 Å². The molecule has 0 aliphatic heterocycles. The third kappa shape index (κ3) is 4.60. The monoisotopic (exact) mass is 428 g/mol. The summed E-state index contributed by atoms with van der Waals surface area (Å²) in [7, 11) is -3.95. The summed E-state index contributed by atoms with van der Waals surface area (Å²) in [6.07, 6.45) is 0. The molecule has 150 valence electrons. The second-order valence-corrected chi connectivity index (χ2v) is 8.84. The first kappa shape index (κ1) is 20.9. The van der Waals surface area contributed by atoms with Crippen molar-refractivity contribution in [3.8, 4) is 0 Å². The summed E-state index contributed by atoms with van der Waals surface area (Å²) < 4.78 is 27.9. The van der Waals surface area contributed by atoms with Crippen molar-refractivity contribution < 1.29 is 13.2 Å². The minimum Gasteiger partial charge on any atom is -0.323 e. The van der Waals surface area contributed by atoms with Gasteiger partial charge in [0.1, 0.15) is 6.54 Å². The van der Waals surface area contributed by atoms with Gasteiger partial charge in [0.25, 0.3) is 10.0 Å². The van der Waals surface area contributed by atoms with Crippen molar-refractivity contribution in [2.24, 2.45) is 0 Å². The Balaban J connectivity index is 2.01. The number of carbonyl (C=O) groups is 1. The molecule has 29 heavy (non-hydrogen) atoms. The Morgan fingerprint density at radius 2 is 1.59 bits per heavy atom. The van der Waals surface area contributed by atoms with Gasteiger partial charge in [-0.25, -0.2) is 8.42 Å². The molecule has 3 rings (SSSR count). The van der Waals surface area contributed by atoms with E-state index in [2.05, 4.69) is 5.32 Å². The van der Waals surface area contributed by atoms with E-state index in [1.807, 2.05) is 19.9 Å². The molecule has 0 spiro atoms. The van der Waals surface area contributed by atoms with Crippen LogP contribution in [0.15, 0.2) is 77.7 Å². The van der Waals surface area contributed by atoms with Crippen LogP contribution in [0.25, 0.3) is 0 Å². The summed E-state index contributed by atoms with van der Waals surface area (Å²) in [4.78, 5) is 12.9. The van der Waals surface area contributed by atoms with Gasteiger partial charge in [0.05, 0.1) is 21.3 Å². The second-order valence-electron chi connectivity index (χ2n) is 6.57. The summed E-state index contributed by atoms with van der Waals surface area (Å²) in [5, 5.41) is 3.07. The molecule has 3 aromatic carbocycles. The lowest BCUT2D eigenvalue weighted by Gasteiger charge is -2.26. The van der Waals surface area contributed by atoms with Crippen LogP contribution in [-0.4, -0.2) is 20.9 Å². The Hall–Kier alpha value is -2.83. The lowest BCUT2D eigenvalue weighted by atomic mass is 10.1. The third-order valence-corrected chi connectivity index (χ3v) is 6.71. The van der Waals surface area contributed by atoms with Crippen molar-refractivity contribution in [3.63, 3.8) is 0 Å². The number of amides is 1. The third-order valence-electron chi connectivity index (χ3n) is 4.61. The molecule has 0 saturated heterocycles. The highest BCUT2D eigenvalue weighted by Gasteiger charge is 2.28. The Bertz CT molecular complexity index is 1130. The van der Waals surface area contributed by atoms with Gasteiger partial charge in [-0.1, -0.05) is 54.1 Å². The average molecular weight is 429 g/mol. The number of hydrogen-bond donors (Lipinski definition) is 1. The molecule has 1 N–H and O–H groups in total. The van der Waals surface area contributed by atoms with Crippen LogP contribution in [0.2, 0.25) is 5.02 Å². The first-order chi connectivity index (χ1) is 13.8. The van der Waals surface area contributed by atoms with Crippen LogP contribution < -0.4 is 9.62 Å². The maximum atomic E-state index is 13.4. The van der Waals surface area contributed by atoms with E-state index in [1.165, 1.54) is 12.1 Å². The van der Waals surface area contributed by atoms with Crippen LogP contribution in [0, 0.1) is 13.8 Å². The Morgan fingerprint density at radius 3 is 2.28 bits per heavy atom. The highest BCUT2D eigenvalue weighted by Crippen LogP contribution is 2.29. The van der Waals surface area contributed by atoms with Gasteiger partial charge in [-0.15, -0.1) is 0 Å². The quantitative estimate of drug-likeness (QED) is 0.613. The van der Waals surface area contributed by atoms with Gasteiger partial charge in [-0.05, 0) is 55.3 Å². The first-order valence-electron chi connectivity index (χ1n) is 8.99. The van der Waals surface area contributed by atoms with Crippen LogP contribution in [0.1, 0.15) is 11.1 Å². The molecule has 0 aliphatic carbocycles. The van der Waals surface area contributed by atoms with Gasteiger partial charge in [0.15, 0.2) is 0 Å². The normalized spacial score (nSPS) is 11.1. The predicted octanol–water partition coefficient (Wildman–Crippen LogP) is 4.79. The number of rotatable bonds is 6. The Morgan fingerprint density at radius 1 is 0.931 bits per heavy atom. The van der Waals surface area contributed by atoms with Crippen LogP contribution >= 0.6 is 11.6 Å². The molecule has 0 heterocycles. The number of aryl methyl sites for hydroxylation is 1. The second kappa shape index (κ2) is 8.68. The molecule has 0 atom stereocenters. The van der Waals surface area contributed by atoms with Crippen molar-refractivity contribution in [2.75, 3.05) is 16.2 Å². The van der Waals surface area contributed by atoms with Crippen LogP contribution in [-0.2, 0) is 14.8 Å². The van der Waals surface area contributed by atoms with Gasteiger partial charge in [0, 0.05) is 0 Å². The number of sulfonamides is 1. The SMILES string of the molecule is Cc1cccc(N(CC(=O)Nc2ccccc2Cl)S(=O)(=O)c2ccccc2)c1C. The van der Waals surface area contributed by atoms with Crippen molar-refractivity contribution in [2.45, 2.75) is 18.7 Å². The molecule has 0 aliphatic rings. The molecule has 0 saturated carbocycles. The number of para-hydroxylation sites is 1. The fourth-order valence-corrected chi connectivity index (χ4v) is 4.59. The molecule has 7 heteroatoms. The van der Waals surface area contributed by atoms with E-state index in [1.54, 1.807) is 54.6 Å². The molecule has 5 nitrogen and oxygen atoms in total. The van der Waals surface area contributed by atoms with E-state index >= 15 is 0 Å². The molecule has 0 fully saturated rings. The van der Waals surface area contributed by atoms with Crippen LogP contribution in [0.5, 0.6) is 0 Å². The number of nitrogens with one attached hydrogen (secondary N) is 1. The summed E-state index contributed by atoms with van der Waals surface area (Å²) in [6, 6.07) is 20.2. The van der Waals surface area contributed by atoms with E-state index in [0.29, 0.717) is 16.4 Å². The van der Waals surface area contributed by atoms with E-state index in [-0.39, 0.29) is 11.4 Å². The molecular weight excluding hydrogens is 408 g/mol. The summed E-state index contributed by atoms with van der Waals surface area (Å²) in [6.45, 7) is 3.35. The van der Waals surface area contributed by atoms with Crippen LogP contribution in [0.4, 0.5) is 11.4 Å². The topological polar surface area (TPSA) is 66.5 Å². The number of benzene rings is 3. The standard InChI is InChI=1S/C22H21ClN2O3S/c1-16-9-8-14-21(17(16)2)25(29(27,28)18-10-4-3-5-11-18)15-22(26)24-20-13-7-6-12-19(20)23/h3-14H,15H2,1-2H3,(H,24,26). The fourth-order valence-electron chi connectivity index (χ4n) is 2.91. The molecule has 0 radical (unpaired) electrons. The molecular formula is C22H21ClN2O3S. The molecule has 1 amide bonds. The summed E-state index contributed by atoms with van der Waals surface area (Å²) >= 11 is 6.11. The zero-order chi connectivity index (χ0) is 21.0. The van der Waals surface area contributed by atoms with Crippen molar-refractivity contribution in [1.29, 1.82) is 0 Å². The van der Waals surface area contributed by atoms with Crippen molar-refractivity contribution in [3.05, 3.63) is 88.9 Å². The molecule has 0 aromatic heterocycles.